The van der Waals surface area contributed by atoms with Crippen molar-refractivity contribution in [1.29, 1.82) is 0 Å². The van der Waals surface area contributed by atoms with Crippen molar-refractivity contribution >= 4 is 0 Å². The summed E-state index contributed by atoms with van der Waals surface area (Å²) >= 11 is 0. The largest absolute Gasteiger partial charge is 0.340 e. The average Bonchev–Trinajstić information content (AvgIpc) is 2.87. The quantitative estimate of drug-likeness (QED) is 0.832. The van der Waals surface area contributed by atoms with E-state index in [0.717, 1.165) is 50.5 Å². The standard InChI is InChI=1S/C19H27FN4O/c1-14(2)18-12-23(13-19-21-15(3)25-22-19)9-4-10-24(18)11-16-5-7-17(20)8-6-16/h5-8,14,18H,4,9-13H2,1-3H3/t18-/m1/s1. The lowest BCUT2D eigenvalue weighted by Crippen LogP contribution is -2.44. The molecule has 1 aromatic carbocycles. The topological polar surface area (TPSA) is 45.4 Å². The Morgan fingerprint density at radius 1 is 1.20 bits per heavy atom. The smallest absolute Gasteiger partial charge is 0.223 e. The maximum absolute atomic E-state index is 13.2. The van der Waals surface area contributed by atoms with E-state index in [9.17, 15) is 4.39 Å². The minimum atomic E-state index is -0.179. The summed E-state index contributed by atoms with van der Waals surface area (Å²) in [4.78, 5) is 9.28. The van der Waals surface area contributed by atoms with E-state index in [1.165, 1.54) is 0 Å². The van der Waals surface area contributed by atoms with Gasteiger partial charge in [0.15, 0.2) is 5.82 Å². The van der Waals surface area contributed by atoms with Crippen LogP contribution in [0.2, 0.25) is 0 Å². The van der Waals surface area contributed by atoms with E-state index in [-0.39, 0.29) is 5.82 Å². The van der Waals surface area contributed by atoms with Crippen LogP contribution < -0.4 is 0 Å². The van der Waals surface area contributed by atoms with Crippen LogP contribution in [-0.2, 0) is 13.1 Å². The second kappa shape index (κ2) is 8.06. The van der Waals surface area contributed by atoms with Gasteiger partial charge in [-0.1, -0.05) is 31.1 Å². The number of halogens is 1. The SMILES string of the molecule is Cc1nc(CN2CCCN(Cc3ccc(F)cc3)[C@@H](C(C)C)C2)no1. The number of aromatic nitrogens is 2. The van der Waals surface area contributed by atoms with E-state index >= 15 is 0 Å². The maximum Gasteiger partial charge on any atom is 0.223 e. The van der Waals surface area contributed by atoms with Gasteiger partial charge in [0.1, 0.15) is 5.82 Å². The third-order valence-electron chi connectivity index (χ3n) is 4.84. The van der Waals surface area contributed by atoms with Crippen LogP contribution in [0.5, 0.6) is 0 Å². The summed E-state index contributed by atoms with van der Waals surface area (Å²) in [5.74, 6) is 1.73. The Bertz CT molecular complexity index is 670. The highest BCUT2D eigenvalue weighted by Gasteiger charge is 2.28. The maximum atomic E-state index is 13.2. The lowest BCUT2D eigenvalue weighted by molar-refractivity contribution is 0.129. The number of hydrogen-bond donors (Lipinski definition) is 0. The van der Waals surface area contributed by atoms with E-state index in [1.807, 2.05) is 19.1 Å². The molecule has 5 nitrogen and oxygen atoms in total. The molecule has 1 aliphatic heterocycles. The first kappa shape index (κ1) is 18.0. The third kappa shape index (κ3) is 4.86. The predicted molar refractivity (Wildman–Crippen MR) is 94.4 cm³/mol. The van der Waals surface area contributed by atoms with Gasteiger partial charge in [-0.2, -0.15) is 4.98 Å². The number of hydrogen-bond acceptors (Lipinski definition) is 5. The molecule has 1 aliphatic rings. The second-order valence-electron chi connectivity index (χ2n) is 7.23. The van der Waals surface area contributed by atoms with E-state index in [1.54, 1.807) is 12.1 Å². The molecule has 3 rings (SSSR count). The van der Waals surface area contributed by atoms with Crippen LogP contribution in [0.1, 0.15) is 37.5 Å². The molecule has 0 saturated carbocycles. The molecule has 6 heteroatoms. The number of benzene rings is 1. The highest BCUT2D eigenvalue weighted by molar-refractivity contribution is 5.16. The van der Waals surface area contributed by atoms with Crippen LogP contribution in [0.15, 0.2) is 28.8 Å². The van der Waals surface area contributed by atoms with E-state index < -0.39 is 0 Å². The van der Waals surface area contributed by atoms with Gasteiger partial charge in [0.2, 0.25) is 5.89 Å². The molecule has 1 fully saturated rings. The zero-order valence-electron chi connectivity index (χ0n) is 15.3. The van der Waals surface area contributed by atoms with Gasteiger partial charge in [-0.3, -0.25) is 9.80 Å². The Balaban J connectivity index is 1.68. The molecule has 136 valence electrons. The Hall–Kier alpha value is -1.79. The first-order valence-corrected chi connectivity index (χ1v) is 9.01. The minimum absolute atomic E-state index is 0.179. The lowest BCUT2D eigenvalue weighted by Gasteiger charge is -2.34. The van der Waals surface area contributed by atoms with Crippen molar-refractivity contribution < 1.29 is 8.91 Å². The monoisotopic (exact) mass is 346 g/mol. The van der Waals surface area contributed by atoms with Gasteiger partial charge < -0.3 is 4.52 Å². The Labute approximate surface area is 148 Å². The van der Waals surface area contributed by atoms with E-state index in [0.29, 0.717) is 17.9 Å². The van der Waals surface area contributed by atoms with Crippen LogP contribution in [-0.4, -0.2) is 45.6 Å². The number of rotatable bonds is 5. The highest BCUT2D eigenvalue weighted by Crippen LogP contribution is 2.21. The van der Waals surface area contributed by atoms with E-state index in [4.69, 9.17) is 4.52 Å². The first-order valence-electron chi connectivity index (χ1n) is 9.01. The summed E-state index contributed by atoms with van der Waals surface area (Å²) in [5, 5.41) is 4.03. The molecule has 25 heavy (non-hydrogen) atoms. The molecule has 2 heterocycles. The summed E-state index contributed by atoms with van der Waals surface area (Å²) in [5.41, 5.74) is 1.16. The van der Waals surface area contributed by atoms with Gasteiger partial charge in [0, 0.05) is 32.6 Å². The van der Waals surface area contributed by atoms with E-state index in [2.05, 4.69) is 33.8 Å². The van der Waals surface area contributed by atoms with Crippen molar-refractivity contribution in [3.8, 4) is 0 Å². The van der Waals surface area contributed by atoms with Crippen molar-refractivity contribution in [3.63, 3.8) is 0 Å². The molecule has 1 atom stereocenters. The normalized spacial score (nSPS) is 20.1. The molecule has 0 radical (unpaired) electrons. The zero-order valence-corrected chi connectivity index (χ0v) is 15.3. The first-order chi connectivity index (χ1) is 12.0. The Morgan fingerprint density at radius 2 is 1.96 bits per heavy atom. The van der Waals surface area contributed by atoms with Crippen LogP contribution in [0.25, 0.3) is 0 Å². The zero-order chi connectivity index (χ0) is 17.8. The van der Waals surface area contributed by atoms with Crippen molar-refractivity contribution in [1.82, 2.24) is 19.9 Å². The number of aryl methyl sites for hydroxylation is 1. The average molecular weight is 346 g/mol. The fraction of sp³-hybridized carbons (Fsp3) is 0.579. The van der Waals surface area contributed by atoms with Gasteiger partial charge in [-0.05, 0) is 36.6 Å². The molecule has 0 unspecified atom stereocenters. The summed E-state index contributed by atoms with van der Waals surface area (Å²) in [6, 6.07) is 7.31. The Morgan fingerprint density at radius 3 is 2.60 bits per heavy atom. The summed E-state index contributed by atoms with van der Waals surface area (Å²) in [7, 11) is 0. The molecular weight excluding hydrogens is 319 g/mol. The van der Waals surface area contributed by atoms with Crippen LogP contribution >= 0.6 is 0 Å². The highest BCUT2D eigenvalue weighted by atomic mass is 19.1. The van der Waals surface area contributed by atoms with Crippen molar-refractivity contribution in [2.75, 3.05) is 19.6 Å². The lowest BCUT2D eigenvalue weighted by atomic mass is 10.0. The summed E-state index contributed by atoms with van der Waals surface area (Å²) < 4.78 is 18.2. The Kier molecular flexibility index (Phi) is 5.81. The van der Waals surface area contributed by atoms with Gasteiger partial charge in [0.05, 0.1) is 6.54 Å². The molecule has 2 aromatic rings. The molecule has 0 aliphatic carbocycles. The van der Waals surface area contributed by atoms with Gasteiger partial charge >= 0.3 is 0 Å². The van der Waals surface area contributed by atoms with Gasteiger partial charge in [-0.15, -0.1) is 0 Å². The molecular formula is C19H27FN4O. The molecule has 0 amide bonds. The molecule has 1 saturated heterocycles. The van der Waals surface area contributed by atoms with Gasteiger partial charge in [-0.25, -0.2) is 4.39 Å². The van der Waals surface area contributed by atoms with Crippen LogP contribution in [0.3, 0.4) is 0 Å². The van der Waals surface area contributed by atoms with Crippen molar-refractivity contribution in [2.24, 2.45) is 5.92 Å². The van der Waals surface area contributed by atoms with Crippen molar-refractivity contribution in [2.45, 2.75) is 46.3 Å². The van der Waals surface area contributed by atoms with Crippen LogP contribution in [0.4, 0.5) is 4.39 Å². The second-order valence-corrected chi connectivity index (χ2v) is 7.23. The third-order valence-corrected chi connectivity index (χ3v) is 4.84. The number of nitrogens with zero attached hydrogens (tertiary/aromatic N) is 4. The van der Waals surface area contributed by atoms with Crippen LogP contribution in [0, 0.1) is 18.7 Å². The summed E-state index contributed by atoms with van der Waals surface area (Å²) in [6.45, 7) is 11.0. The van der Waals surface area contributed by atoms with Gasteiger partial charge in [0.25, 0.3) is 0 Å². The molecule has 0 bridgehead atoms. The summed E-state index contributed by atoms with van der Waals surface area (Å²) in [6.07, 6.45) is 1.10. The fourth-order valence-corrected chi connectivity index (χ4v) is 3.54. The predicted octanol–water partition coefficient (Wildman–Crippen LogP) is 3.25. The molecule has 0 N–H and O–H groups in total. The molecule has 1 aromatic heterocycles. The minimum Gasteiger partial charge on any atom is -0.340 e. The van der Waals surface area contributed by atoms with Crippen molar-refractivity contribution in [3.05, 3.63) is 47.4 Å². The fourth-order valence-electron chi connectivity index (χ4n) is 3.54. The molecule has 0 spiro atoms.